The maximum atomic E-state index is 5.90. The van der Waals surface area contributed by atoms with E-state index < -0.39 is 0 Å². The fraction of sp³-hybridized carbons (Fsp3) is 0.250. The quantitative estimate of drug-likeness (QED) is 0.529. The summed E-state index contributed by atoms with van der Waals surface area (Å²) in [6.45, 7) is 5.57. The first kappa shape index (κ1) is 19.6. The second kappa shape index (κ2) is 9.18. The van der Waals surface area contributed by atoms with E-state index in [0.717, 1.165) is 22.9 Å². The van der Waals surface area contributed by atoms with Crippen molar-refractivity contribution in [1.29, 1.82) is 0 Å². The summed E-state index contributed by atoms with van der Waals surface area (Å²) in [6.07, 6.45) is 0. The third-order valence-electron chi connectivity index (χ3n) is 4.81. The van der Waals surface area contributed by atoms with Crippen molar-refractivity contribution in [2.24, 2.45) is 0 Å². The van der Waals surface area contributed by atoms with E-state index in [0.29, 0.717) is 13.2 Å². The molecule has 0 amide bonds. The van der Waals surface area contributed by atoms with Gasteiger partial charge in [0.05, 0.1) is 13.2 Å². The Kier molecular flexibility index (Phi) is 6.43. The number of hydrogen-bond donors (Lipinski definition) is 2. The maximum absolute atomic E-state index is 5.90. The molecule has 28 heavy (non-hydrogen) atoms. The van der Waals surface area contributed by atoms with Crippen molar-refractivity contribution in [3.63, 3.8) is 0 Å². The minimum absolute atomic E-state index is 0.280. The smallest absolute Gasteiger partial charge is 0.119 e. The van der Waals surface area contributed by atoms with Gasteiger partial charge in [0.15, 0.2) is 0 Å². The van der Waals surface area contributed by atoms with Crippen LogP contribution in [0.15, 0.2) is 72.8 Å². The molecule has 0 radical (unpaired) electrons. The van der Waals surface area contributed by atoms with Gasteiger partial charge in [0.25, 0.3) is 0 Å². The molecule has 0 fully saturated rings. The number of nitrogens with two attached hydrogens (primary N) is 2. The van der Waals surface area contributed by atoms with Gasteiger partial charge in [-0.1, -0.05) is 38.1 Å². The van der Waals surface area contributed by atoms with Gasteiger partial charge in [-0.3, -0.25) is 0 Å². The number of ether oxygens (including phenoxy) is 2. The number of anilines is 2. The summed E-state index contributed by atoms with van der Waals surface area (Å²) < 4.78 is 11.8. The molecule has 0 spiro atoms. The minimum Gasteiger partial charge on any atom is -0.493 e. The predicted octanol–water partition coefficient (Wildman–Crippen LogP) is 5.22. The van der Waals surface area contributed by atoms with Crippen molar-refractivity contribution in [3.8, 4) is 11.5 Å². The Morgan fingerprint density at radius 3 is 1.43 bits per heavy atom. The van der Waals surface area contributed by atoms with Gasteiger partial charge >= 0.3 is 0 Å². The standard InChI is InChI=1S/C24H28N2O2/c1-17(15-27-23-10-6-21(25)7-11-23)19-4-3-5-20(14-19)18(2)16-28-24-12-8-22(26)9-13-24/h3-14,17-18H,15-16,25-26H2,1-2H3. The van der Waals surface area contributed by atoms with E-state index in [1.807, 2.05) is 48.5 Å². The molecule has 2 unspecified atom stereocenters. The Morgan fingerprint density at radius 1 is 0.643 bits per heavy atom. The van der Waals surface area contributed by atoms with E-state index in [1.54, 1.807) is 0 Å². The van der Waals surface area contributed by atoms with Gasteiger partial charge in [-0.15, -0.1) is 0 Å². The number of rotatable bonds is 8. The minimum atomic E-state index is 0.280. The Balaban J connectivity index is 1.57. The highest BCUT2D eigenvalue weighted by molar-refractivity contribution is 5.42. The molecule has 0 aromatic heterocycles. The molecular formula is C24H28N2O2. The highest BCUT2D eigenvalue weighted by atomic mass is 16.5. The first-order valence-corrected chi connectivity index (χ1v) is 9.58. The summed E-state index contributed by atoms with van der Waals surface area (Å²) in [5.41, 5.74) is 15.4. The summed E-state index contributed by atoms with van der Waals surface area (Å²) >= 11 is 0. The van der Waals surface area contributed by atoms with Crippen LogP contribution in [0.1, 0.15) is 36.8 Å². The lowest BCUT2D eigenvalue weighted by molar-refractivity contribution is 0.293. The summed E-state index contributed by atoms with van der Waals surface area (Å²) in [6, 6.07) is 23.6. The van der Waals surface area contributed by atoms with Crippen molar-refractivity contribution in [3.05, 3.63) is 83.9 Å². The molecule has 3 rings (SSSR count). The van der Waals surface area contributed by atoms with Crippen molar-refractivity contribution in [2.75, 3.05) is 24.7 Å². The molecule has 4 nitrogen and oxygen atoms in total. The van der Waals surface area contributed by atoms with Crippen LogP contribution in [0.2, 0.25) is 0 Å². The molecule has 4 N–H and O–H groups in total. The van der Waals surface area contributed by atoms with Crippen LogP contribution in [0.3, 0.4) is 0 Å². The molecule has 3 aromatic rings. The third kappa shape index (κ3) is 5.43. The SMILES string of the molecule is CC(COc1ccc(N)cc1)c1cccc(C(C)COc2ccc(N)cc2)c1. The van der Waals surface area contributed by atoms with E-state index in [4.69, 9.17) is 20.9 Å². The number of benzene rings is 3. The van der Waals surface area contributed by atoms with Gasteiger partial charge in [-0.2, -0.15) is 0 Å². The molecule has 0 bridgehead atoms. The van der Waals surface area contributed by atoms with E-state index in [-0.39, 0.29) is 11.8 Å². The fourth-order valence-electron chi connectivity index (χ4n) is 2.94. The average molecular weight is 377 g/mol. The Morgan fingerprint density at radius 2 is 1.04 bits per heavy atom. The first-order valence-electron chi connectivity index (χ1n) is 9.58. The second-order valence-corrected chi connectivity index (χ2v) is 7.23. The lowest BCUT2D eigenvalue weighted by atomic mass is 9.95. The van der Waals surface area contributed by atoms with E-state index in [1.165, 1.54) is 11.1 Å². The van der Waals surface area contributed by atoms with Crippen molar-refractivity contribution in [1.82, 2.24) is 0 Å². The molecule has 0 aliphatic heterocycles. The van der Waals surface area contributed by atoms with Crippen LogP contribution >= 0.6 is 0 Å². The largest absolute Gasteiger partial charge is 0.493 e. The maximum Gasteiger partial charge on any atom is 0.119 e. The summed E-state index contributed by atoms with van der Waals surface area (Å²) in [4.78, 5) is 0. The van der Waals surface area contributed by atoms with Gasteiger partial charge in [-0.25, -0.2) is 0 Å². The van der Waals surface area contributed by atoms with Crippen LogP contribution in [-0.4, -0.2) is 13.2 Å². The normalized spacial score (nSPS) is 12.9. The van der Waals surface area contributed by atoms with Crippen LogP contribution < -0.4 is 20.9 Å². The molecule has 4 heteroatoms. The highest BCUT2D eigenvalue weighted by Gasteiger charge is 2.11. The van der Waals surface area contributed by atoms with Gasteiger partial charge in [0.2, 0.25) is 0 Å². The second-order valence-electron chi connectivity index (χ2n) is 7.23. The van der Waals surface area contributed by atoms with Crippen LogP contribution in [0, 0.1) is 0 Å². The van der Waals surface area contributed by atoms with Crippen LogP contribution in [0.5, 0.6) is 11.5 Å². The van der Waals surface area contributed by atoms with Crippen molar-refractivity contribution < 1.29 is 9.47 Å². The molecule has 0 aliphatic rings. The van der Waals surface area contributed by atoms with Crippen LogP contribution in [-0.2, 0) is 0 Å². The molecule has 0 saturated carbocycles. The van der Waals surface area contributed by atoms with Crippen LogP contribution in [0.25, 0.3) is 0 Å². The lowest BCUT2D eigenvalue weighted by Gasteiger charge is -2.18. The Hall–Kier alpha value is -3.14. The topological polar surface area (TPSA) is 70.5 Å². The molecule has 0 heterocycles. The Labute approximate surface area is 167 Å². The monoisotopic (exact) mass is 376 g/mol. The molecule has 146 valence electrons. The number of nitrogen functional groups attached to an aromatic ring is 2. The molecule has 3 aromatic carbocycles. The summed E-state index contributed by atoms with van der Waals surface area (Å²) in [7, 11) is 0. The Bertz CT molecular complexity index is 805. The van der Waals surface area contributed by atoms with Gasteiger partial charge in [0.1, 0.15) is 11.5 Å². The highest BCUT2D eigenvalue weighted by Crippen LogP contribution is 2.24. The van der Waals surface area contributed by atoms with E-state index >= 15 is 0 Å². The van der Waals surface area contributed by atoms with Crippen molar-refractivity contribution >= 4 is 11.4 Å². The first-order chi connectivity index (χ1) is 13.5. The lowest BCUT2D eigenvalue weighted by Crippen LogP contribution is -2.10. The van der Waals surface area contributed by atoms with E-state index in [2.05, 4.69) is 38.1 Å². The van der Waals surface area contributed by atoms with Gasteiger partial charge in [0, 0.05) is 23.2 Å². The summed E-state index contributed by atoms with van der Waals surface area (Å²) in [5.74, 6) is 2.23. The summed E-state index contributed by atoms with van der Waals surface area (Å²) in [5, 5.41) is 0. The molecule has 0 aliphatic carbocycles. The molecular weight excluding hydrogens is 348 g/mol. The van der Waals surface area contributed by atoms with Gasteiger partial charge in [-0.05, 0) is 59.7 Å². The van der Waals surface area contributed by atoms with E-state index in [9.17, 15) is 0 Å². The predicted molar refractivity (Wildman–Crippen MR) is 116 cm³/mol. The van der Waals surface area contributed by atoms with Crippen molar-refractivity contribution in [2.45, 2.75) is 25.7 Å². The van der Waals surface area contributed by atoms with Gasteiger partial charge < -0.3 is 20.9 Å². The average Bonchev–Trinajstić information content (AvgIpc) is 2.72. The molecule has 0 saturated heterocycles. The van der Waals surface area contributed by atoms with Crippen LogP contribution in [0.4, 0.5) is 11.4 Å². The zero-order chi connectivity index (χ0) is 19.9. The number of hydrogen-bond acceptors (Lipinski definition) is 4. The zero-order valence-corrected chi connectivity index (χ0v) is 16.5. The molecule has 2 atom stereocenters. The zero-order valence-electron chi connectivity index (χ0n) is 16.5. The third-order valence-corrected chi connectivity index (χ3v) is 4.81. The fourth-order valence-corrected chi connectivity index (χ4v) is 2.94.